The van der Waals surface area contributed by atoms with Crippen LogP contribution in [0.1, 0.15) is 11.1 Å². The van der Waals surface area contributed by atoms with E-state index >= 15 is 0 Å². The second-order valence-corrected chi connectivity index (χ2v) is 7.39. The zero-order valence-electron chi connectivity index (χ0n) is 16.3. The second kappa shape index (κ2) is 9.51. The molecule has 1 aromatic heterocycles. The fraction of sp³-hybridized carbons (Fsp3) is 0.350. The van der Waals surface area contributed by atoms with E-state index in [2.05, 4.69) is 10.3 Å². The van der Waals surface area contributed by atoms with Gasteiger partial charge in [0.2, 0.25) is 11.8 Å². The lowest BCUT2D eigenvalue weighted by atomic mass is 10.1. The molecule has 166 valence electrons. The number of carbonyl (C=O) groups is 2. The molecule has 0 saturated carbocycles. The molecule has 0 radical (unpaired) electrons. The van der Waals surface area contributed by atoms with Gasteiger partial charge in [-0.3, -0.25) is 9.59 Å². The molecule has 31 heavy (non-hydrogen) atoms. The van der Waals surface area contributed by atoms with Crippen molar-refractivity contribution in [2.24, 2.45) is 0 Å². The highest BCUT2D eigenvalue weighted by molar-refractivity contribution is 6.33. The lowest BCUT2D eigenvalue weighted by Gasteiger charge is -2.35. The van der Waals surface area contributed by atoms with Gasteiger partial charge in [-0.25, -0.2) is 9.37 Å². The van der Waals surface area contributed by atoms with Crippen LogP contribution in [0.2, 0.25) is 5.02 Å². The number of amides is 2. The van der Waals surface area contributed by atoms with Crippen LogP contribution < -0.4 is 10.2 Å². The number of anilines is 1. The van der Waals surface area contributed by atoms with Crippen molar-refractivity contribution in [3.8, 4) is 0 Å². The molecule has 0 unspecified atom stereocenters. The third-order valence-electron chi connectivity index (χ3n) is 4.77. The molecule has 1 aliphatic rings. The number of hydrogen-bond donors (Lipinski definition) is 1. The Labute approximate surface area is 180 Å². The summed E-state index contributed by atoms with van der Waals surface area (Å²) in [5.74, 6) is -0.913. The van der Waals surface area contributed by atoms with Crippen LogP contribution in [0.5, 0.6) is 0 Å². The minimum Gasteiger partial charge on any atom is -0.352 e. The molecule has 0 aliphatic carbocycles. The molecule has 1 saturated heterocycles. The van der Waals surface area contributed by atoms with Crippen molar-refractivity contribution in [2.75, 3.05) is 37.6 Å². The van der Waals surface area contributed by atoms with Crippen LogP contribution in [0.25, 0.3) is 0 Å². The number of aromatic nitrogens is 1. The third kappa shape index (κ3) is 6.06. The van der Waals surface area contributed by atoms with Gasteiger partial charge in [0.15, 0.2) is 0 Å². The van der Waals surface area contributed by atoms with Crippen molar-refractivity contribution in [3.63, 3.8) is 0 Å². The molecule has 1 aromatic carbocycles. The number of benzene rings is 1. The maximum atomic E-state index is 13.2. The summed E-state index contributed by atoms with van der Waals surface area (Å²) < 4.78 is 51.4. The monoisotopic (exact) mass is 458 g/mol. The number of hydrogen-bond acceptors (Lipinski definition) is 4. The lowest BCUT2D eigenvalue weighted by Crippen LogP contribution is -2.51. The highest BCUT2D eigenvalue weighted by Gasteiger charge is 2.32. The summed E-state index contributed by atoms with van der Waals surface area (Å²) in [6.45, 7) is 1.07. The summed E-state index contributed by atoms with van der Waals surface area (Å²) in [4.78, 5) is 31.4. The molecule has 2 amide bonds. The molecule has 1 fully saturated rings. The van der Waals surface area contributed by atoms with Gasteiger partial charge in [0, 0.05) is 32.4 Å². The summed E-state index contributed by atoms with van der Waals surface area (Å²) in [6.07, 6.45) is -3.84. The van der Waals surface area contributed by atoms with Crippen molar-refractivity contribution in [2.45, 2.75) is 12.6 Å². The molecular weight excluding hydrogens is 440 g/mol. The first-order valence-corrected chi connectivity index (χ1v) is 9.78. The first kappa shape index (κ1) is 22.8. The Hall–Kier alpha value is -2.88. The van der Waals surface area contributed by atoms with Crippen molar-refractivity contribution in [1.29, 1.82) is 0 Å². The fourth-order valence-electron chi connectivity index (χ4n) is 3.17. The van der Waals surface area contributed by atoms with Gasteiger partial charge in [-0.2, -0.15) is 13.2 Å². The van der Waals surface area contributed by atoms with E-state index in [0.717, 1.165) is 12.3 Å². The molecule has 2 heterocycles. The Kier molecular flexibility index (Phi) is 6.99. The Balaban J connectivity index is 1.48. The van der Waals surface area contributed by atoms with E-state index in [1.165, 1.54) is 23.1 Å². The van der Waals surface area contributed by atoms with Gasteiger partial charge < -0.3 is 15.1 Å². The van der Waals surface area contributed by atoms with Gasteiger partial charge in [0.25, 0.3) is 0 Å². The van der Waals surface area contributed by atoms with Crippen molar-refractivity contribution in [1.82, 2.24) is 15.2 Å². The Morgan fingerprint density at radius 3 is 2.45 bits per heavy atom. The van der Waals surface area contributed by atoms with Crippen LogP contribution in [0.4, 0.5) is 23.4 Å². The summed E-state index contributed by atoms with van der Waals surface area (Å²) in [7, 11) is 0. The van der Waals surface area contributed by atoms with Crippen LogP contribution in [0.15, 0.2) is 36.5 Å². The Bertz CT molecular complexity index is 962. The second-order valence-electron chi connectivity index (χ2n) is 6.98. The number of pyridine rings is 1. The minimum absolute atomic E-state index is 0.0447. The van der Waals surface area contributed by atoms with Gasteiger partial charge in [-0.05, 0) is 23.8 Å². The van der Waals surface area contributed by atoms with Gasteiger partial charge in [0.1, 0.15) is 11.6 Å². The smallest absolute Gasteiger partial charge is 0.352 e. The molecule has 6 nitrogen and oxygen atoms in total. The average Bonchev–Trinajstić information content (AvgIpc) is 2.71. The molecular formula is C20H19ClF4N4O2. The van der Waals surface area contributed by atoms with Gasteiger partial charge in [0.05, 0.1) is 23.6 Å². The van der Waals surface area contributed by atoms with Crippen LogP contribution in [0.3, 0.4) is 0 Å². The Morgan fingerprint density at radius 2 is 1.84 bits per heavy atom. The van der Waals surface area contributed by atoms with Gasteiger partial charge >= 0.3 is 6.18 Å². The average molecular weight is 459 g/mol. The van der Waals surface area contributed by atoms with Crippen molar-refractivity contribution < 1.29 is 27.2 Å². The molecule has 11 heteroatoms. The van der Waals surface area contributed by atoms with E-state index in [0.29, 0.717) is 31.7 Å². The van der Waals surface area contributed by atoms with Crippen LogP contribution in [-0.4, -0.2) is 54.4 Å². The quantitative estimate of drug-likeness (QED) is 0.700. The maximum absolute atomic E-state index is 13.2. The van der Waals surface area contributed by atoms with Crippen LogP contribution in [0, 0.1) is 5.82 Å². The number of piperazine rings is 1. The van der Waals surface area contributed by atoms with E-state index in [9.17, 15) is 27.2 Å². The maximum Gasteiger partial charge on any atom is 0.417 e. The molecule has 0 bridgehead atoms. The van der Waals surface area contributed by atoms with Crippen LogP contribution >= 0.6 is 11.6 Å². The molecule has 0 spiro atoms. The van der Waals surface area contributed by atoms with E-state index in [4.69, 9.17) is 11.6 Å². The van der Waals surface area contributed by atoms with Gasteiger partial charge in [-0.15, -0.1) is 0 Å². The zero-order chi connectivity index (χ0) is 22.6. The van der Waals surface area contributed by atoms with E-state index in [1.54, 1.807) is 11.0 Å². The van der Waals surface area contributed by atoms with Crippen molar-refractivity contribution in [3.05, 3.63) is 58.5 Å². The van der Waals surface area contributed by atoms with E-state index in [-0.39, 0.29) is 29.7 Å². The van der Waals surface area contributed by atoms with E-state index in [1.807, 2.05) is 0 Å². The van der Waals surface area contributed by atoms with E-state index < -0.39 is 23.5 Å². The standard InChI is InChI=1S/C20H19ClF4N4O2/c21-16-10-14(20(23,24)25)11-27-19(16)29-6-4-28(5-7-29)18(31)12-26-17(30)9-13-2-1-3-15(22)8-13/h1-3,8,10-11H,4-7,9,12H2,(H,26,30). The minimum atomic E-state index is -4.53. The molecule has 1 aliphatic heterocycles. The number of rotatable bonds is 5. The number of alkyl halides is 3. The summed E-state index contributed by atoms with van der Waals surface area (Å²) in [5, 5.41) is 2.40. The molecule has 0 atom stereocenters. The summed E-state index contributed by atoms with van der Waals surface area (Å²) in [6, 6.07) is 6.47. The van der Waals surface area contributed by atoms with Gasteiger partial charge in [-0.1, -0.05) is 23.7 Å². The topological polar surface area (TPSA) is 65.5 Å². The van der Waals surface area contributed by atoms with Crippen LogP contribution in [-0.2, 0) is 22.2 Å². The summed E-state index contributed by atoms with van der Waals surface area (Å²) >= 11 is 5.97. The fourth-order valence-corrected chi connectivity index (χ4v) is 3.45. The largest absolute Gasteiger partial charge is 0.417 e. The number of halogens is 5. The highest BCUT2D eigenvalue weighted by Crippen LogP contribution is 2.33. The predicted molar refractivity (Wildman–Crippen MR) is 106 cm³/mol. The first-order chi connectivity index (χ1) is 14.6. The number of nitrogens with zero attached hydrogens (tertiary/aromatic N) is 3. The zero-order valence-corrected chi connectivity index (χ0v) is 17.0. The number of nitrogens with one attached hydrogen (secondary N) is 1. The Morgan fingerprint density at radius 1 is 1.13 bits per heavy atom. The molecule has 3 rings (SSSR count). The molecule has 1 N–H and O–H groups in total. The predicted octanol–water partition coefficient (Wildman–Crippen LogP) is 2.90. The lowest BCUT2D eigenvalue weighted by molar-refractivity contribution is -0.137. The third-order valence-corrected chi connectivity index (χ3v) is 5.05. The first-order valence-electron chi connectivity index (χ1n) is 9.40. The number of carbonyl (C=O) groups excluding carboxylic acids is 2. The SMILES string of the molecule is O=C(Cc1cccc(F)c1)NCC(=O)N1CCN(c2ncc(C(F)(F)F)cc2Cl)CC1. The molecule has 2 aromatic rings. The normalized spacial score (nSPS) is 14.5. The summed E-state index contributed by atoms with van der Waals surface area (Å²) in [5.41, 5.74) is -0.427. The highest BCUT2D eigenvalue weighted by atomic mass is 35.5. The van der Waals surface area contributed by atoms with Crippen molar-refractivity contribution >= 4 is 29.2 Å².